The van der Waals surface area contributed by atoms with Gasteiger partial charge in [0.1, 0.15) is 0 Å². The molecular weight excluding hydrogens is 488 g/mol. The first kappa shape index (κ1) is 24.4. The molecule has 5 nitrogen and oxygen atoms in total. The molecule has 0 aliphatic heterocycles. The quantitative estimate of drug-likeness (QED) is 0.276. The van der Waals surface area contributed by atoms with Crippen LogP contribution in [0.3, 0.4) is 0 Å². The van der Waals surface area contributed by atoms with Gasteiger partial charge in [-0.2, -0.15) is 0 Å². The van der Waals surface area contributed by atoms with E-state index in [0.29, 0.717) is 16.7 Å². The number of halogens is 1. The van der Waals surface area contributed by atoms with Crippen LogP contribution >= 0.6 is 22.9 Å². The molecule has 1 heterocycles. The molecule has 0 fully saturated rings. The number of benzene rings is 3. The molecule has 0 saturated carbocycles. The first-order chi connectivity index (χ1) is 16.2. The van der Waals surface area contributed by atoms with Crippen molar-refractivity contribution in [2.24, 2.45) is 0 Å². The number of aromatic nitrogens is 1. The van der Waals surface area contributed by atoms with Crippen LogP contribution in [0.5, 0.6) is 0 Å². The van der Waals surface area contributed by atoms with E-state index in [1.54, 1.807) is 29.2 Å². The summed E-state index contributed by atoms with van der Waals surface area (Å²) in [4.78, 5) is 20.0. The lowest BCUT2D eigenvalue weighted by Gasteiger charge is -2.20. The van der Waals surface area contributed by atoms with Gasteiger partial charge >= 0.3 is 0 Å². The van der Waals surface area contributed by atoms with Gasteiger partial charge in [0, 0.05) is 11.4 Å². The number of amides is 1. The van der Waals surface area contributed by atoms with Crippen LogP contribution in [0.25, 0.3) is 10.2 Å². The Morgan fingerprint density at radius 1 is 1.03 bits per heavy atom. The molecule has 4 rings (SSSR count). The predicted molar refractivity (Wildman–Crippen MR) is 139 cm³/mol. The molecule has 1 aromatic heterocycles. The van der Waals surface area contributed by atoms with Crippen molar-refractivity contribution >= 4 is 54.0 Å². The third kappa shape index (κ3) is 5.66. The zero-order valence-electron chi connectivity index (χ0n) is 19.0. The van der Waals surface area contributed by atoms with E-state index in [4.69, 9.17) is 16.6 Å². The molecule has 1 amide bonds. The fourth-order valence-electron chi connectivity index (χ4n) is 3.70. The van der Waals surface area contributed by atoms with Crippen molar-refractivity contribution in [2.75, 3.05) is 10.7 Å². The highest BCUT2D eigenvalue weighted by Gasteiger charge is 2.22. The number of fused-ring (bicyclic) bond motifs is 1. The maximum absolute atomic E-state index is 13.3. The monoisotopic (exact) mass is 512 g/mol. The number of hydrogen-bond donors (Lipinski definition) is 0. The number of anilines is 1. The summed E-state index contributed by atoms with van der Waals surface area (Å²) < 4.78 is 26.3. The molecular formula is C26H25ClN2O3S2. The Kier molecular flexibility index (Phi) is 7.36. The van der Waals surface area contributed by atoms with Gasteiger partial charge in [-0.1, -0.05) is 71.0 Å². The van der Waals surface area contributed by atoms with E-state index in [2.05, 4.69) is 0 Å². The van der Waals surface area contributed by atoms with E-state index in [-0.39, 0.29) is 29.4 Å². The molecule has 0 bridgehead atoms. The van der Waals surface area contributed by atoms with Crippen LogP contribution in [-0.4, -0.2) is 25.1 Å². The first-order valence-electron chi connectivity index (χ1n) is 10.9. The van der Waals surface area contributed by atoms with Gasteiger partial charge in [-0.05, 0) is 55.7 Å². The predicted octanol–water partition coefficient (Wildman–Crippen LogP) is 6.35. The smallest absolute Gasteiger partial charge is 0.229 e. The van der Waals surface area contributed by atoms with Crippen LogP contribution in [-0.2, 0) is 21.2 Å². The minimum Gasteiger partial charge on any atom is -0.284 e. The lowest BCUT2D eigenvalue weighted by Crippen LogP contribution is -2.30. The molecule has 8 heteroatoms. The molecule has 0 N–H and O–H groups in total. The minimum absolute atomic E-state index is 0.0878. The van der Waals surface area contributed by atoms with Crippen LogP contribution < -0.4 is 4.90 Å². The Bertz CT molecular complexity index is 1420. The fraction of sp³-hybridized carbons (Fsp3) is 0.231. The van der Waals surface area contributed by atoms with E-state index in [1.807, 2.05) is 56.3 Å². The Hall–Kier alpha value is -2.74. The summed E-state index contributed by atoms with van der Waals surface area (Å²) in [6.07, 6.45) is 0.337. The number of nitrogens with zero attached hydrogens (tertiary/aromatic N) is 2. The van der Waals surface area contributed by atoms with Gasteiger partial charge in [0.15, 0.2) is 15.0 Å². The fourth-order valence-corrected chi connectivity index (χ4v) is 6.45. The normalized spacial score (nSPS) is 11.6. The maximum atomic E-state index is 13.3. The largest absolute Gasteiger partial charge is 0.284 e. The molecule has 0 atom stereocenters. The summed E-state index contributed by atoms with van der Waals surface area (Å²) in [6, 6.07) is 20.2. The van der Waals surface area contributed by atoms with Crippen molar-refractivity contribution < 1.29 is 13.2 Å². The maximum Gasteiger partial charge on any atom is 0.229 e. The summed E-state index contributed by atoms with van der Waals surface area (Å²) in [5, 5.41) is 1.21. The van der Waals surface area contributed by atoms with Gasteiger partial charge in [0.05, 0.1) is 27.4 Å². The summed E-state index contributed by atoms with van der Waals surface area (Å²) in [5.74, 6) is -0.249. The van der Waals surface area contributed by atoms with E-state index < -0.39 is 9.84 Å². The number of carbonyl (C=O) groups excluding carboxylic acids is 1. The molecule has 0 spiro atoms. The van der Waals surface area contributed by atoms with Gasteiger partial charge in [-0.15, -0.1) is 0 Å². The summed E-state index contributed by atoms with van der Waals surface area (Å²) in [7, 11) is -3.45. The summed E-state index contributed by atoms with van der Waals surface area (Å²) in [5.41, 5.74) is 3.73. The third-order valence-corrected chi connectivity index (χ3v) is 8.60. The molecule has 4 aromatic rings. The molecule has 0 radical (unpaired) electrons. The highest BCUT2D eigenvalue weighted by Crippen LogP contribution is 2.34. The van der Waals surface area contributed by atoms with Crippen LogP contribution in [0, 0.1) is 13.8 Å². The van der Waals surface area contributed by atoms with Gasteiger partial charge in [0.25, 0.3) is 0 Å². The second kappa shape index (κ2) is 10.3. The Morgan fingerprint density at radius 3 is 2.44 bits per heavy atom. The summed E-state index contributed by atoms with van der Waals surface area (Å²) >= 11 is 7.63. The molecule has 0 aliphatic rings. The average Bonchev–Trinajstić information content (AvgIpc) is 3.22. The van der Waals surface area contributed by atoms with Gasteiger partial charge in [0.2, 0.25) is 5.91 Å². The van der Waals surface area contributed by atoms with E-state index in [0.717, 1.165) is 26.9 Å². The van der Waals surface area contributed by atoms with E-state index >= 15 is 0 Å². The number of aryl methyl sites for hydroxylation is 2. The molecule has 0 saturated heterocycles. The molecule has 0 aliphatic carbocycles. The standard InChI is InChI=1S/C26H25ClN2O3S2/c1-18-10-12-22(13-11-18)34(31,32)14-6-9-24(30)29(17-20-7-4-3-5-8-20)26-28-25-19(2)15-21(27)16-23(25)33-26/h3-5,7-8,10-13,15-16H,6,9,14,17H2,1-2H3. The Morgan fingerprint density at radius 2 is 1.74 bits per heavy atom. The van der Waals surface area contributed by atoms with Crippen molar-refractivity contribution in [1.29, 1.82) is 0 Å². The first-order valence-corrected chi connectivity index (χ1v) is 13.8. The van der Waals surface area contributed by atoms with Gasteiger partial charge in [-0.25, -0.2) is 13.4 Å². The SMILES string of the molecule is Cc1ccc(S(=O)(=O)CCCC(=O)N(Cc2ccccc2)c2nc3c(C)cc(Cl)cc3s2)cc1. The molecule has 3 aromatic carbocycles. The van der Waals surface area contributed by atoms with Crippen molar-refractivity contribution in [2.45, 2.75) is 38.1 Å². The molecule has 176 valence electrons. The average molecular weight is 513 g/mol. The molecule has 34 heavy (non-hydrogen) atoms. The van der Waals surface area contributed by atoms with Crippen molar-refractivity contribution in [1.82, 2.24) is 4.98 Å². The zero-order chi connectivity index (χ0) is 24.3. The van der Waals surface area contributed by atoms with E-state index in [1.165, 1.54) is 11.3 Å². The minimum atomic E-state index is -3.45. The second-order valence-corrected chi connectivity index (χ2v) is 11.8. The Balaban J connectivity index is 1.55. The topological polar surface area (TPSA) is 67.3 Å². The van der Waals surface area contributed by atoms with Crippen LogP contribution in [0.15, 0.2) is 71.6 Å². The van der Waals surface area contributed by atoms with E-state index in [9.17, 15) is 13.2 Å². The van der Waals surface area contributed by atoms with Crippen LogP contribution in [0.2, 0.25) is 5.02 Å². The van der Waals surface area contributed by atoms with Crippen molar-refractivity contribution in [3.8, 4) is 0 Å². The lowest BCUT2D eigenvalue weighted by atomic mass is 10.2. The lowest BCUT2D eigenvalue weighted by molar-refractivity contribution is -0.118. The van der Waals surface area contributed by atoms with Gasteiger partial charge in [-0.3, -0.25) is 9.69 Å². The van der Waals surface area contributed by atoms with Crippen molar-refractivity contribution in [3.63, 3.8) is 0 Å². The zero-order valence-corrected chi connectivity index (χ0v) is 21.4. The number of carbonyl (C=O) groups is 1. The highest BCUT2D eigenvalue weighted by molar-refractivity contribution is 7.91. The second-order valence-electron chi connectivity index (χ2n) is 8.27. The number of thiazole rings is 1. The van der Waals surface area contributed by atoms with Crippen LogP contribution in [0.4, 0.5) is 5.13 Å². The van der Waals surface area contributed by atoms with Crippen molar-refractivity contribution in [3.05, 3.63) is 88.4 Å². The third-order valence-electron chi connectivity index (χ3n) is 5.54. The highest BCUT2D eigenvalue weighted by atomic mass is 35.5. The van der Waals surface area contributed by atoms with Gasteiger partial charge < -0.3 is 0 Å². The van der Waals surface area contributed by atoms with Crippen LogP contribution in [0.1, 0.15) is 29.5 Å². The number of sulfone groups is 1. The molecule has 0 unspecified atom stereocenters. The number of rotatable bonds is 8. The summed E-state index contributed by atoms with van der Waals surface area (Å²) in [6.45, 7) is 4.21. The Labute approximate surface area is 208 Å². The number of hydrogen-bond acceptors (Lipinski definition) is 5.